The maximum atomic E-state index is 13.9. The van der Waals surface area contributed by atoms with E-state index in [9.17, 15) is 9.59 Å². The van der Waals surface area contributed by atoms with Crippen molar-refractivity contribution >= 4 is 44.9 Å². The van der Waals surface area contributed by atoms with Gasteiger partial charge in [0.2, 0.25) is 5.91 Å². The third-order valence-electron chi connectivity index (χ3n) is 6.76. The number of aromatic nitrogens is 2. The lowest BCUT2D eigenvalue weighted by atomic mass is 9.89. The van der Waals surface area contributed by atoms with Crippen LogP contribution in [0.2, 0.25) is 0 Å². The number of benzene rings is 3. The molecule has 1 unspecified atom stereocenters. The minimum Gasteiger partial charge on any atom is -0.457 e. The summed E-state index contributed by atoms with van der Waals surface area (Å²) in [4.78, 5) is 33.7. The van der Waals surface area contributed by atoms with Crippen LogP contribution >= 0.6 is 23.1 Å². The van der Waals surface area contributed by atoms with Crippen LogP contribution in [0, 0.1) is 5.92 Å². The van der Waals surface area contributed by atoms with E-state index in [2.05, 4.69) is 12.2 Å². The highest BCUT2D eigenvalue weighted by molar-refractivity contribution is 7.99. The van der Waals surface area contributed by atoms with E-state index in [0.29, 0.717) is 22.5 Å². The van der Waals surface area contributed by atoms with Crippen LogP contribution in [-0.2, 0) is 17.6 Å². The minimum absolute atomic E-state index is 0.0600. The number of hydrogen-bond acceptors (Lipinski definition) is 6. The number of nitrogens with one attached hydrogen (secondary N) is 1. The first-order chi connectivity index (χ1) is 19.0. The van der Waals surface area contributed by atoms with Gasteiger partial charge in [0.25, 0.3) is 5.56 Å². The van der Waals surface area contributed by atoms with Gasteiger partial charge in [-0.3, -0.25) is 14.2 Å². The minimum atomic E-state index is -0.176. The first kappa shape index (κ1) is 25.4. The molecule has 6 rings (SSSR count). The number of para-hydroxylation sites is 2. The molecule has 6 nitrogen and oxygen atoms in total. The van der Waals surface area contributed by atoms with Gasteiger partial charge in [0.1, 0.15) is 16.3 Å². The highest BCUT2D eigenvalue weighted by Gasteiger charge is 2.25. The summed E-state index contributed by atoms with van der Waals surface area (Å²) in [5.74, 6) is 1.99. The number of thioether (sulfide) groups is 1. The summed E-state index contributed by atoms with van der Waals surface area (Å²) < 4.78 is 7.48. The molecule has 1 N–H and O–H groups in total. The predicted molar refractivity (Wildman–Crippen MR) is 159 cm³/mol. The molecule has 1 aliphatic carbocycles. The predicted octanol–water partition coefficient (Wildman–Crippen LogP) is 7.10. The fraction of sp³-hybridized carbons (Fsp3) is 0.194. The molecule has 8 heteroatoms. The lowest BCUT2D eigenvalue weighted by molar-refractivity contribution is -0.113. The number of ether oxygens (including phenoxy) is 1. The normalized spacial score (nSPS) is 14.6. The fourth-order valence-corrected chi connectivity index (χ4v) is 7.07. The Hall–Kier alpha value is -3.88. The summed E-state index contributed by atoms with van der Waals surface area (Å²) in [5.41, 5.74) is 2.52. The number of fused-ring (bicyclic) bond motifs is 3. The molecule has 2 heterocycles. The molecule has 3 aromatic carbocycles. The van der Waals surface area contributed by atoms with Crippen LogP contribution in [0.4, 0.5) is 5.69 Å². The van der Waals surface area contributed by atoms with Gasteiger partial charge >= 0.3 is 0 Å². The number of carbonyl (C=O) groups is 1. The molecule has 0 saturated heterocycles. The Labute approximate surface area is 234 Å². The van der Waals surface area contributed by atoms with E-state index in [-0.39, 0.29) is 17.2 Å². The van der Waals surface area contributed by atoms with Crippen molar-refractivity contribution in [1.29, 1.82) is 0 Å². The molecule has 196 valence electrons. The zero-order valence-corrected chi connectivity index (χ0v) is 23.1. The third kappa shape index (κ3) is 5.48. The van der Waals surface area contributed by atoms with Crippen molar-refractivity contribution in [2.75, 3.05) is 11.1 Å². The molecule has 2 aromatic heterocycles. The maximum absolute atomic E-state index is 13.9. The summed E-state index contributed by atoms with van der Waals surface area (Å²) in [6, 6.07) is 26.3. The summed E-state index contributed by atoms with van der Waals surface area (Å²) >= 11 is 2.90. The molecule has 0 aliphatic heterocycles. The molecule has 5 aromatic rings. The van der Waals surface area contributed by atoms with Gasteiger partial charge in [0.05, 0.1) is 16.8 Å². The maximum Gasteiger partial charge on any atom is 0.267 e. The lowest BCUT2D eigenvalue weighted by Gasteiger charge is -2.17. The van der Waals surface area contributed by atoms with Crippen LogP contribution < -0.4 is 15.6 Å². The molecule has 39 heavy (non-hydrogen) atoms. The average molecular weight is 554 g/mol. The van der Waals surface area contributed by atoms with Crippen LogP contribution in [-0.4, -0.2) is 21.2 Å². The van der Waals surface area contributed by atoms with Crippen LogP contribution in [0.3, 0.4) is 0 Å². The van der Waals surface area contributed by atoms with E-state index in [1.54, 1.807) is 15.9 Å². The molecule has 0 spiro atoms. The van der Waals surface area contributed by atoms with E-state index in [4.69, 9.17) is 9.72 Å². The third-order valence-corrected chi connectivity index (χ3v) is 8.85. The highest BCUT2D eigenvalue weighted by atomic mass is 32.2. The Balaban J connectivity index is 1.22. The number of anilines is 1. The first-order valence-electron chi connectivity index (χ1n) is 12.9. The molecular weight excluding hydrogens is 526 g/mol. The number of rotatable bonds is 7. The fourth-order valence-electron chi connectivity index (χ4n) is 4.83. The Morgan fingerprint density at radius 3 is 2.46 bits per heavy atom. The van der Waals surface area contributed by atoms with Gasteiger partial charge in [-0.25, -0.2) is 4.98 Å². The SMILES string of the molecule is CC1CCc2c(sc3nc(SCC(=O)Nc4ccc(Oc5ccccc5)cc4)n(-c4ccccc4)c(=O)c23)C1. The van der Waals surface area contributed by atoms with Crippen molar-refractivity contribution in [2.45, 2.75) is 31.3 Å². The molecule has 0 fully saturated rings. The van der Waals surface area contributed by atoms with Gasteiger partial charge in [0, 0.05) is 10.6 Å². The molecule has 1 aliphatic rings. The zero-order chi connectivity index (χ0) is 26.8. The Morgan fingerprint density at radius 1 is 1.03 bits per heavy atom. The Morgan fingerprint density at radius 2 is 1.72 bits per heavy atom. The van der Waals surface area contributed by atoms with Crippen LogP contribution in [0.15, 0.2) is 94.9 Å². The number of nitrogens with zero attached hydrogens (tertiary/aromatic N) is 2. The van der Waals surface area contributed by atoms with Gasteiger partial charge in [-0.1, -0.05) is 55.1 Å². The summed E-state index contributed by atoms with van der Waals surface area (Å²) in [7, 11) is 0. The monoisotopic (exact) mass is 553 g/mol. The van der Waals surface area contributed by atoms with E-state index in [1.165, 1.54) is 16.6 Å². The molecule has 1 amide bonds. The van der Waals surface area contributed by atoms with E-state index < -0.39 is 0 Å². The van der Waals surface area contributed by atoms with Gasteiger partial charge in [-0.05, 0) is 79.3 Å². The molecule has 1 atom stereocenters. The van der Waals surface area contributed by atoms with Crippen molar-refractivity contribution in [1.82, 2.24) is 9.55 Å². The van der Waals surface area contributed by atoms with Crippen molar-refractivity contribution < 1.29 is 9.53 Å². The van der Waals surface area contributed by atoms with E-state index in [1.807, 2.05) is 84.9 Å². The van der Waals surface area contributed by atoms with Crippen LogP contribution in [0.25, 0.3) is 15.9 Å². The number of thiophene rings is 1. The first-order valence-corrected chi connectivity index (χ1v) is 14.7. The van der Waals surface area contributed by atoms with Crippen molar-refractivity contribution in [3.63, 3.8) is 0 Å². The molecule has 0 radical (unpaired) electrons. The highest BCUT2D eigenvalue weighted by Crippen LogP contribution is 2.37. The summed E-state index contributed by atoms with van der Waals surface area (Å²) in [6.07, 6.45) is 2.98. The number of aryl methyl sites for hydroxylation is 1. The summed E-state index contributed by atoms with van der Waals surface area (Å²) in [5, 5.41) is 4.19. The van der Waals surface area contributed by atoms with E-state index in [0.717, 1.165) is 46.5 Å². The number of amides is 1. The Kier molecular flexibility index (Phi) is 7.22. The molecule has 0 saturated carbocycles. The zero-order valence-electron chi connectivity index (χ0n) is 21.4. The van der Waals surface area contributed by atoms with Gasteiger partial charge in [0.15, 0.2) is 5.16 Å². The van der Waals surface area contributed by atoms with E-state index >= 15 is 0 Å². The lowest BCUT2D eigenvalue weighted by Crippen LogP contribution is -2.23. The quantitative estimate of drug-likeness (QED) is 0.172. The average Bonchev–Trinajstić information content (AvgIpc) is 3.31. The van der Waals surface area contributed by atoms with Crippen molar-refractivity contribution in [2.24, 2.45) is 5.92 Å². The largest absolute Gasteiger partial charge is 0.457 e. The number of carbonyl (C=O) groups excluding carboxylic acids is 1. The standard InChI is InChI=1S/C31H27N3O3S2/c1-20-12-17-25-26(18-20)39-29-28(25)30(36)34(22-8-4-2-5-9-22)31(33-29)38-19-27(35)32-21-13-15-24(16-14-21)37-23-10-6-3-7-11-23/h2-11,13-16,20H,12,17-19H2,1H3,(H,32,35). The Bertz CT molecular complexity index is 1680. The second-order valence-corrected chi connectivity index (χ2v) is 11.7. The van der Waals surface area contributed by atoms with Gasteiger partial charge in [-0.15, -0.1) is 11.3 Å². The molecular formula is C31H27N3O3S2. The van der Waals surface area contributed by atoms with Gasteiger partial charge in [-0.2, -0.15) is 0 Å². The second kappa shape index (κ2) is 11.1. The van der Waals surface area contributed by atoms with Crippen molar-refractivity contribution in [3.05, 3.63) is 106 Å². The van der Waals surface area contributed by atoms with Crippen LogP contribution in [0.1, 0.15) is 23.8 Å². The smallest absolute Gasteiger partial charge is 0.267 e. The molecule has 0 bridgehead atoms. The number of hydrogen-bond donors (Lipinski definition) is 1. The summed E-state index contributed by atoms with van der Waals surface area (Å²) in [6.45, 7) is 2.26. The van der Waals surface area contributed by atoms with Crippen LogP contribution in [0.5, 0.6) is 11.5 Å². The van der Waals surface area contributed by atoms with Crippen molar-refractivity contribution in [3.8, 4) is 17.2 Å². The van der Waals surface area contributed by atoms with Gasteiger partial charge < -0.3 is 10.1 Å². The topological polar surface area (TPSA) is 73.2 Å². The second-order valence-electron chi connectivity index (χ2n) is 9.68.